The Kier molecular flexibility index (Phi) is 5.71. The maximum Gasteiger partial charge on any atom is 0.188 e. The smallest absolute Gasteiger partial charge is 0.188 e. The van der Waals surface area contributed by atoms with Crippen molar-refractivity contribution in [2.75, 3.05) is 19.6 Å². The molecule has 1 aliphatic heterocycles. The highest BCUT2D eigenvalue weighted by Gasteiger charge is 2.22. The van der Waals surface area contributed by atoms with Crippen LogP contribution in [0.1, 0.15) is 25.3 Å². The number of benzene rings is 1. The lowest BCUT2D eigenvalue weighted by molar-refractivity contribution is 0.267. The lowest BCUT2D eigenvalue weighted by Crippen LogP contribution is -2.42. The fourth-order valence-corrected chi connectivity index (χ4v) is 3.48. The topological polar surface area (TPSA) is 71.5 Å². The highest BCUT2D eigenvalue weighted by atomic mass is 15.3. The molecule has 0 saturated carbocycles. The van der Waals surface area contributed by atoms with Gasteiger partial charge in [-0.1, -0.05) is 37.3 Å². The first-order valence-electron chi connectivity index (χ1n) is 9.03. The highest BCUT2D eigenvalue weighted by molar-refractivity contribution is 5.78. The van der Waals surface area contributed by atoms with Crippen LogP contribution in [0.3, 0.4) is 0 Å². The van der Waals surface area contributed by atoms with Crippen LogP contribution < -0.4 is 11.1 Å². The van der Waals surface area contributed by atoms with Crippen LogP contribution in [0.5, 0.6) is 0 Å². The van der Waals surface area contributed by atoms with Crippen LogP contribution in [-0.2, 0) is 13.6 Å². The van der Waals surface area contributed by atoms with Gasteiger partial charge in [0.15, 0.2) is 5.96 Å². The second-order valence-electron chi connectivity index (χ2n) is 6.55. The van der Waals surface area contributed by atoms with E-state index in [0.29, 0.717) is 18.5 Å². The molecular weight excluding hydrogens is 312 g/mol. The molecule has 1 saturated heterocycles. The average Bonchev–Trinajstić information content (AvgIpc) is 3.24. The van der Waals surface area contributed by atoms with Crippen LogP contribution in [0.4, 0.5) is 0 Å². The Morgan fingerprint density at radius 1 is 1.36 bits per heavy atom. The van der Waals surface area contributed by atoms with Crippen molar-refractivity contribution in [2.45, 2.75) is 32.4 Å². The zero-order valence-electron chi connectivity index (χ0n) is 15.2. The molecule has 6 nitrogen and oxygen atoms in total. The quantitative estimate of drug-likeness (QED) is 0.623. The van der Waals surface area contributed by atoms with Gasteiger partial charge in [0.1, 0.15) is 0 Å². The average molecular weight is 340 g/mol. The van der Waals surface area contributed by atoms with E-state index in [4.69, 9.17) is 5.73 Å². The Morgan fingerprint density at radius 2 is 2.16 bits per heavy atom. The molecule has 0 spiro atoms. The van der Waals surface area contributed by atoms with Crippen molar-refractivity contribution in [2.24, 2.45) is 17.8 Å². The van der Waals surface area contributed by atoms with Gasteiger partial charge in [-0.2, -0.15) is 5.10 Å². The van der Waals surface area contributed by atoms with Crippen LogP contribution in [-0.4, -0.2) is 46.3 Å². The third-order valence-electron chi connectivity index (χ3n) is 4.80. The summed E-state index contributed by atoms with van der Waals surface area (Å²) in [4.78, 5) is 7.01. The van der Waals surface area contributed by atoms with Crippen molar-refractivity contribution in [1.82, 2.24) is 20.0 Å². The SMILES string of the molecule is CCN1CCCC1CNC(N)=NCc1cn(C)nc1-c1ccccc1. The summed E-state index contributed by atoms with van der Waals surface area (Å²) < 4.78 is 1.83. The van der Waals surface area contributed by atoms with Crippen molar-refractivity contribution in [1.29, 1.82) is 0 Å². The van der Waals surface area contributed by atoms with Crippen LogP contribution >= 0.6 is 0 Å². The molecule has 0 aliphatic carbocycles. The summed E-state index contributed by atoms with van der Waals surface area (Å²) in [6.07, 6.45) is 4.51. The van der Waals surface area contributed by atoms with E-state index in [1.165, 1.54) is 19.4 Å². The van der Waals surface area contributed by atoms with E-state index in [1.54, 1.807) is 0 Å². The Balaban J connectivity index is 1.62. The molecule has 1 unspecified atom stereocenters. The summed E-state index contributed by atoms with van der Waals surface area (Å²) in [5.74, 6) is 0.505. The number of nitrogens with two attached hydrogens (primary N) is 1. The largest absolute Gasteiger partial charge is 0.370 e. The molecule has 6 heteroatoms. The second kappa shape index (κ2) is 8.16. The first kappa shape index (κ1) is 17.5. The number of aromatic nitrogens is 2. The van der Waals surface area contributed by atoms with Gasteiger partial charge < -0.3 is 11.1 Å². The van der Waals surface area contributed by atoms with Crippen LogP contribution in [0.25, 0.3) is 11.3 Å². The molecule has 1 aromatic carbocycles. The van der Waals surface area contributed by atoms with E-state index in [-0.39, 0.29) is 0 Å². The molecule has 0 radical (unpaired) electrons. The van der Waals surface area contributed by atoms with E-state index in [2.05, 4.69) is 39.4 Å². The third-order valence-corrected chi connectivity index (χ3v) is 4.80. The van der Waals surface area contributed by atoms with Gasteiger partial charge in [-0.3, -0.25) is 9.58 Å². The van der Waals surface area contributed by atoms with Gasteiger partial charge in [-0.15, -0.1) is 0 Å². The van der Waals surface area contributed by atoms with Crippen LogP contribution in [0.2, 0.25) is 0 Å². The predicted octanol–water partition coefficient (Wildman–Crippen LogP) is 1.98. The minimum atomic E-state index is 0.505. The highest BCUT2D eigenvalue weighted by Crippen LogP contribution is 2.22. The van der Waals surface area contributed by atoms with Crippen molar-refractivity contribution < 1.29 is 0 Å². The molecule has 1 aliphatic rings. The van der Waals surface area contributed by atoms with Crippen LogP contribution in [0.15, 0.2) is 41.5 Å². The first-order chi connectivity index (χ1) is 12.2. The number of likely N-dealkylation sites (N-methyl/N-ethyl adjacent to an activating group) is 1. The Hall–Kier alpha value is -2.34. The number of guanidine groups is 1. The molecule has 0 bridgehead atoms. The Labute approximate surface area is 149 Å². The summed E-state index contributed by atoms with van der Waals surface area (Å²) >= 11 is 0. The molecular formula is C19H28N6. The number of likely N-dealkylation sites (tertiary alicyclic amines) is 1. The van der Waals surface area contributed by atoms with E-state index in [0.717, 1.165) is 29.9 Å². The number of aryl methyl sites for hydroxylation is 1. The molecule has 25 heavy (non-hydrogen) atoms. The van der Waals surface area contributed by atoms with Gasteiger partial charge in [0.25, 0.3) is 0 Å². The molecule has 1 aromatic heterocycles. The monoisotopic (exact) mass is 340 g/mol. The van der Waals surface area contributed by atoms with Gasteiger partial charge >= 0.3 is 0 Å². The third kappa shape index (κ3) is 4.39. The Bertz CT molecular complexity index is 706. The standard InChI is InChI=1S/C19H28N6/c1-3-25-11-7-10-17(25)13-22-19(20)21-12-16-14-24(2)23-18(16)15-8-5-4-6-9-15/h4-6,8-9,14,17H,3,7,10-13H2,1-2H3,(H3,20,21,22). The van der Waals surface area contributed by atoms with E-state index in [1.807, 2.05) is 36.1 Å². The number of aliphatic imine (C=N–C) groups is 1. The molecule has 1 fully saturated rings. The lowest BCUT2D eigenvalue weighted by Gasteiger charge is -2.23. The zero-order valence-corrected chi connectivity index (χ0v) is 15.2. The van der Waals surface area contributed by atoms with E-state index >= 15 is 0 Å². The fraction of sp³-hybridized carbons (Fsp3) is 0.474. The zero-order chi connectivity index (χ0) is 17.6. The minimum absolute atomic E-state index is 0.505. The number of nitrogens with one attached hydrogen (secondary N) is 1. The number of nitrogens with zero attached hydrogens (tertiary/aromatic N) is 4. The summed E-state index contributed by atoms with van der Waals surface area (Å²) in [6, 6.07) is 10.8. The number of hydrogen-bond acceptors (Lipinski definition) is 3. The number of rotatable bonds is 6. The van der Waals surface area contributed by atoms with Gasteiger partial charge in [-0.25, -0.2) is 4.99 Å². The molecule has 2 aromatic rings. The van der Waals surface area contributed by atoms with Gasteiger partial charge in [0.2, 0.25) is 0 Å². The summed E-state index contributed by atoms with van der Waals surface area (Å²) in [7, 11) is 1.93. The normalized spacial score (nSPS) is 18.6. The van der Waals surface area contributed by atoms with Gasteiger partial charge in [0, 0.05) is 37.0 Å². The Morgan fingerprint density at radius 3 is 2.92 bits per heavy atom. The summed E-state index contributed by atoms with van der Waals surface area (Å²) in [5.41, 5.74) is 9.22. The first-order valence-corrected chi connectivity index (χ1v) is 9.03. The maximum atomic E-state index is 6.08. The van der Waals surface area contributed by atoms with Crippen molar-refractivity contribution >= 4 is 5.96 Å². The molecule has 2 heterocycles. The minimum Gasteiger partial charge on any atom is -0.370 e. The van der Waals surface area contributed by atoms with E-state index < -0.39 is 0 Å². The van der Waals surface area contributed by atoms with Gasteiger partial charge in [-0.05, 0) is 25.9 Å². The molecule has 3 N–H and O–H groups in total. The van der Waals surface area contributed by atoms with Crippen molar-refractivity contribution in [3.05, 3.63) is 42.1 Å². The second-order valence-corrected chi connectivity index (χ2v) is 6.55. The predicted molar refractivity (Wildman–Crippen MR) is 102 cm³/mol. The molecule has 0 amide bonds. The van der Waals surface area contributed by atoms with Gasteiger partial charge in [0.05, 0.1) is 12.2 Å². The number of hydrogen-bond donors (Lipinski definition) is 2. The van der Waals surface area contributed by atoms with Crippen molar-refractivity contribution in [3.8, 4) is 11.3 Å². The molecule has 1 atom stereocenters. The summed E-state index contributed by atoms with van der Waals surface area (Å²) in [6.45, 7) is 5.89. The molecule has 134 valence electrons. The fourth-order valence-electron chi connectivity index (χ4n) is 3.48. The maximum absolute atomic E-state index is 6.08. The lowest BCUT2D eigenvalue weighted by atomic mass is 10.1. The van der Waals surface area contributed by atoms with Crippen molar-refractivity contribution in [3.63, 3.8) is 0 Å². The van der Waals surface area contributed by atoms with Crippen LogP contribution in [0, 0.1) is 0 Å². The molecule has 3 rings (SSSR count). The summed E-state index contributed by atoms with van der Waals surface area (Å²) in [5, 5.41) is 7.85. The van der Waals surface area contributed by atoms with E-state index in [9.17, 15) is 0 Å².